The third kappa shape index (κ3) is 2.31. The molecule has 0 saturated carbocycles. The van der Waals surface area contributed by atoms with Crippen LogP contribution in [0.15, 0.2) is 30.2 Å². The summed E-state index contributed by atoms with van der Waals surface area (Å²) in [6.07, 6.45) is 3.13. The summed E-state index contributed by atoms with van der Waals surface area (Å²) in [7, 11) is 0. The Kier molecular flexibility index (Phi) is 3.05. The van der Waals surface area contributed by atoms with Gasteiger partial charge in [0.05, 0.1) is 4.88 Å². The third-order valence-corrected chi connectivity index (χ3v) is 2.28. The molecule has 2 heteroatoms. The molecule has 0 spiro atoms. The van der Waals surface area contributed by atoms with Gasteiger partial charge in [0.1, 0.15) is 0 Å². The maximum atomic E-state index is 11.2. The standard InChI is InChI=1S/C9H10OS/c1-2-3-5-8(10)9-6-4-7-11-9/h2,4,6-7H,1,3,5H2. The van der Waals surface area contributed by atoms with Crippen LogP contribution in [0.4, 0.5) is 0 Å². The fraction of sp³-hybridized carbons (Fsp3) is 0.222. The molecule has 0 saturated heterocycles. The molecule has 0 aliphatic heterocycles. The maximum absolute atomic E-state index is 11.2. The van der Waals surface area contributed by atoms with Gasteiger partial charge in [0.2, 0.25) is 0 Å². The second kappa shape index (κ2) is 4.09. The summed E-state index contributed by atoms with van der Waals surface area (Å²) < 4.78 is 0. The molecule has 1 aromatic heterocycles. The zero-order valence-electron chi connectivity index (χ0n) is 6.25. The van der Waals surface area contributed by atoms with Crippen molar-refractivity contribution >= 4 is 17.1 Å². The van der Waals surface area contributed by atoms with Crippen LogP contribution in [0.25, 0.3) is 0 Å². The predicted octanol–water partition coefficient (Wildman–Crippen LogP) is 2.90. The molecule has 1 aromatic rings. The first-order valence-corrected chi connectivity index (χ1v) is 4.40. The lowest BCUT2D eigenvalue weighted by molar-refractivity contribution is 0.0987. The van der Waals surface area contributed by atoms with E-state index in [9.17, 15) is 4.79 Å². The van der Waals surface area contributed by atoms with E-state index in [0.29, 0.717) is 6.42 Å². The second-order valence-electron chi connectivity index (χ2n) is 2.23. The highest BCUT2D eigenvalue weighted by Crippen LogP contribution is 2.11. The first-order valence-electron chi connectivity index (χ1n) is 3.52. The van der Waals surface area contributed by atoms with E-state index in [4.69, 9.17) is 0 Å². The number of hydrogen-bond acceptors (Lipinski definition) is 2. The highest BCUT2D eigenvalue weighted by Gasteiger charge is 2.03. The molecule has 0 bridgehead atoms. The number of allylic oxidation sites excluding steroid dienone is 1. The van der Waals surface area contributed by atoms with E-state index in [1.807, 2.05) is 17.5 Å². The molecule has 1 rings (SSSR count). The van der Waals surface area contributed by atoms with Crippen molar-refractivity contribution in [3.05, 3.63) is 35.0 Å². The largest absolute Gasteiger partial charge is 0.293 e. The second-order valence-corrected chi connectivity index (χ2v) is 3.18. The number of Topliss-reactive ketones (excluding diaryl/α,β-unsaturated/α-hetero) is 1. The van der Waals surface area contributed by atoms with Crippen LogP contribution in [0, 0.1) is 0 Å². The molecule has 0 atom stereocenters. The van der Waals surface area contributed by atoms with Gasteiger partial charge < -0.3 is 0 Å². The molecule has 0 aliphatic carbocycles. The van der Waals surface area contributed by atoms with Crippen molar-refractivity contribution in [2.24, 2.45) is 0 Å². The first kappa shape index (κ1) is 8.21. The van der Waals surface area contributed by atoms with Gasteiger partial charge in [-0.3, -0.25) is 4.79 Å². The van der Waals surface area contributed by atoms with Crippen molar-refractivity contribution in [2.45, 2.75) is 12.8 Å². The van der Waals surface area contributed by atoms with Crippen LogP contribution < -0.4 is 0 Å². The van der Waals surface area contributed by atoms with Crippen LogP contribution in [-0.2, 0) is 0 Å². The van der Waals surface area contributed by atoms with Gasteiger partial charge in [-0.2, -0.15) is 0 Å². The lowest BCUT2D eigenvalue weighted by Crippen LogP contribution is -1.93. The normalized spacial score (nSPS) is 9.45. The van der Waals surface area contributed by atoms with E-state index in [0.717, 1.165) is 11.3 Å². The zero-order chi connectivity index (χ0) is 8.10. The van der Waals surface area contributed by atoms with Gasteiger partial charge in [-0.15, -0.1) is 17.9 Å². The molecule has 1 heterocycles. The summed E-state index contributed by atoms with van der Waals surface area (Å²) in [4.78, 5) is 12.1. The summed E-state index contributed by atoms with van der Waals surface area (Å²) in [5.41, 5.74) is 0. The fourth-order valence-electron chi connectivity index (χ4n) is 0.794. The van der Waals surface area contributed by atoms with E-state index >= 15 is 0 Å². The Morgan fingerprint density at radius 2 is 2.55 bits per heavy atom. The molecule has 1 nitrogen and oxygen atoms in total. The summed E-state index contributed by atoms with van der Waals surface area (Å²) in [5, 5.41) is 1.92. The molecule has 0 radical (unpaired) electrons. The molecule has 11 heavy (non-hydrogen) atoms. The van der Waals surface area contributed by atoms with Crippen LogP contribution in [0.1, 0.15) is 22.5 Å². The average Bonchev–Trinajstić information content (AvgIpc) is 2.52. The number of hydrogen-bond donors (Lipinski definition) is 0. The van der Waals surface area contributed by atoms with Crippen molar-refractivity contribution in [1.29, 1.82) is 0 Å². The molecule has 0 N–H and O–H groups in total. The van der Waals surface area contributed by atoms with E-state index in [-0.39, 0.29) is 5.78 Å². The molecule has 0 fully saturated rings. The van der Waals surface area contributed by atoms with Gasteiger partial charge in [0.15, 0.2) is 5.78 Å². The van der Waals surface area contributed by atoms with Gasteiger partial charge in [-0.1, -0.05) is 12.1 Å². The minimum atomic E-state index is 0.222. The Labute approximate surface area is 70.4 Å². The summed E-state index contributed by atoms with van der Waals surface area (Å²) in [6, 6.07) is 3.75. The molecular weight excluding hydrogens is 156 g/mol. The number of carbonyl (C=O) groups is 1. The predicted molar refractivity (Wildman–Crippen MR) is 48.1 cm³/mol. The summed E-state index contributed by atoms with van der Waals surface area (Å²) in [5.74, 6) is 0.222. The highest BCUT2D eigenvalue weighted by molar-refractivity contribution is 7.12. The Balaban J connectivity index is 2.49. The van der Waals surface area contributed by atoms with Gasteiger partial charge in [0, 0.05) is 6.42 Å². The van der Waals surface area contributed by atoms with E-state index in [2.05, 4.69) is 6.58 Å². The molecule has 0 aliphatic rings. The molecule has 0 amide bonds. The molecular formula is C9H10OS. The molecule has 58 valence electrons. The van der Waals surface area contributed by atoms with E-state index < -0.39 is 0 Å². The van der Waals surface area contributed by atoms with Gasteiger partial charge >= 0.3 is 0 Å². The number of carbonyl (C=O) groups excluding carboxylic acids is 1. The number of rotatable bonds is 4. The topological polar surface area (TPSA) is 17.1 Å². The zero-order valence-corrected chi connectivity index (χ0v) is 7.06. The average molecular weight is 166 g/mol. The van der Waals surface area contributed by atoms with Crippen molar-refractivity contribution in [3.63, 3.8) is 0 Å². The van der Waals surface area contributed by atoms with Gasteiger partial charge in [0.25, 0.3) is 0 Å². The summed E-state index contributed by atoms with van der Waals surface area (Å²) >= 11 is 1.50. The molecule has 0 aromatic carbocycles. The van der Waals surface area contributed by atoms with E-state index in [1.54, 1.807) is 6.08 Å². The Morgan fingerprint density at radius 3 is 3.09 bits per heavy atom. The quantitative estimate of drug-likeness (QED) is 0.496. The first-order chi connectivity index (χ1) is 5.34. The number of thiophene rings is 1. The lowest BCUT2D eigenvalue weighted by Gasteiger charge is -1.91. The Morgan fingerprint density at radius 1 is 1.73 bits per heavy atom. The van der Waals surface area contributed by atoms with Gasteiger partial charge in [-0.25, -0.2) is 0 Å². The van der Waals surface area contributed by atoms with Crippen molar-refractivity contribution in [3.8, 4) is 0 Å². The van der Waals surface area contributed by atoms with Crippen molar-refractivity contribution < 1.29 is 4.79 Å². The third-order valence-electron chi connectivity index (χ3n) is 1.37. The van der Waals surface area contributed by atoms with Gasteiger partial charge in [-0.05, 0) is 17.9 Å². The minimum Gasteiger partial charge on any atom is -0.293 e. The Bertz CT molecular complexity index is 236. The van der Waals surface area contributed by atoms with Crippen LogP contribution >= 0.6 is 11.3 Å². The Hall–Kier alpha value is -0.890. The highest BCUT2D eigenvalue weighted by atomic mass is 32.1. The number of ketones is 1. The van der Waals surface area contributed by atoms with Crippen LogP contribution in [-0.4, -0.2) is 5.78 Å². The van der Waals surface area contributed by atoms with Crippen molar-refractivity contribution in [1.82, 2.24) is 0 Å². The van der Waals surface area contributed by atoms with Crippen LogP contribution in [0.2, 0.25) is 0 Å². The summed E-state index contributed by atoms with van der Waals surface area (Å²) in [6.45, 7) is 3.57. The lowest BCUT2D eigenvalue weighted by atomic mass is 10.2. The monoisotopic (exact) mass is 166 g/mol. The SMILES string of the molecule is C=CCCC(=O)c1cccs1. The van der Waals surface area contributed by atoms with Crippen LogP contribution in [0.5, 0.6) is 0 Å². The van der Waals surface area contributed by atoms with Crippen LogP contribution in [0.3, 0.4) is 0 Å². The van der Waals surface area contributed by atoms with E-state index in [1.165, 1.54) is 11.3 Å². The smallest absolute Gasteiger partial charge is 0.173 e. The molecule has 0 unspecified atom stereocenters. The minimum absolute atomic E-state index is 0.222. The fourth-order valence-corrected chi connectivity index (χ4v) is 1.49. The van der Waals surface area contributed by atoms with Crippen molar-refractivity contribution in [2.75, 3.05) is 0 Å². The maximum Gasteiger partial charge on any atom is 0.173 e.